The first-order valence-corrected chi connectivity index (χ1v) is 22.9. The molecule has 65 heavy (non-hydrogen) atoms. The summed E-state index contributed by atoms with van der Waals surface area (Å²) in [5.41, 5.74) is 8.66. The predicted octanol–water partition coefficient (Wildman–Crippen LogP) is 17.1. The molecule has 0 radical (unpaired) electrons. The summed E-state index contributed by atoms with van der Waals surface area (Å²) in [7, 11) is 0. The van der Waals surface area contributed by atoms with E-state index in [0.29, 0.717) is 22.3 Å². The van der Waals surface area contributed by atoms with Crippen LogP contribution in [-0.2, 0) is 6.18 Å². The van der Waals surface area contributed by atoms with Gasteiger partial charge < -0.3 is 9.13 Å². The van der Waals surface area contributed by atoms with E-state index in [-0.39, 0.29) is 0 Å². The summed E-state index contributed by atoms with van der Waals surface area (Å²) in [5, 5.41) is 19.9. The first-order chi connectivity index (χ1) is 31.7. The van der Waals surface area contributed by atoms with E-state index in [1.165, 1.54) is 52.5 Å². The van der Waals surface area contributed by atoms with Crippen molar-refractivity contribution in [3.05, 3.63) is 193 Å². The van der Waals surface area contributed by atoms with E-state index in [9.17, 15) is 18.4 Å². The lowest BCUT2D eigenvalue weighted by Gasteiger charge is -2.20. The normalized spacial score (nSPS) is 12.3. The SMILES string of the molecule is Cc1cc(-c2ccc(-n3c4ccccc4c4c5sc6ccccc6c5ccc43)c(-c3cc(C#N)ccc3-n3c4ccccc4c4c5sc6ccccc6c5ccc43)c2)cc(C(F)(F)F)c1. The highest BCUT2D eigenvalue weighted by molar-refractivity contribution is 7.27. The molecule has 0 N–H and O–H groups in total. The van der Waals surface area contributed by atoms with Gasteiger partial charge in [-0.2, -0.15) is 18.4 Å². The molecule has 0 bridgehead atoms. The van der Waals surface area contributed by atoms with Crippen LogP contribution in [0.15, 0.2) is 176 Å². The lowest BCUT2D eigenvalue weighted by atomic mass is 9.93. The van der Waals surface area contributed by atoms with Gasteiger partial charge in [-0.3, -0.25) is 0 Å². The number of aromatic nitrogens is 2. The summed E-state index contributed by atoms with van der Waals surface area (Å²) in [6, 6.07) is 61.1. The van der Waals surface area contributed by atoms with Gasteiger partial charge in [-0.05, 0) is 102 Å². The van der Waals surface area contributed by atoms with E-state index >= 15 is 0 Å². The van der Waals surface area contributed by atoms with Crippen molar-refractivity contribution in [1.82, 2.24) is 9.13 Å². The Hall–Kier alpha value is -7.70. The fraction of sp³-hybridized carbons (Fsp3) is 0.0351. The number of para-hydroxylation sites is 2. The largest absolute Gasteiger partial charge is 0.416 e. The zero-order valence-corrected chi connectivity index (χ0v) is 36.2. The second kappa shape index (κ2) is 13.9. The highest BCUT2D eigenvalue weighted by atomic mass is 32.1. The van der Waals surface area contributed by atoms with Crippen molar-refractivity contribution in [3.8, 4) is 39.7 Å². The van der Waals surface area contributed by atoms with Crippen molar-refractivity contribution in [3.63, 3.8) is 0 Å². The van der Waals surface area contributed by atoms with Gasteiger partial charge in [0.1, 0.15) is 0 Å². The van der Waals surface area contributed by atoms with Gasteiger partial charge >= 0.3 is 6.18 Å². The highest BCUT2D eigenvalue weighted by Gasteiger charge is 2.31. The number of hydrogen-bond donors (Lipinski definition) is 0. The Balaban J connectivity index is 1.16. The molecule has 8 heteroatoms. The molecule has 0 saturated carbocycles. The van der Waals surface area contributed by atoms with Gasteiger partial charge in [-0.1, -0.05) is 97.1 Å². The summed E-state index contributed by atoms with van der Waals surface area (Å²) in [4.78, 5) is 0. The predicted molar refractivity (Wildman–Crippen MR) is 266 cm³/mol. The lowest BCUT2D eigenvalue weighted by molar-refractivity contribution is -0.137. The van der Waals surface area contributed by atoms with Crippen molar-refractivity contribution in [2.24, 2.45) is 0 Å². The Morgan fingerprint density at radius 2 is 0.969 bits per heavy atom. The molecule has 0 aliphatic rings. The van der Waals surface area contributed by atoms with Crippen LogP contribution in [0.5, 0.6) is 0 Å². The Bertz CT molecular complexity index is 4210. The molecule has 3 nitrogen and oxygen atoms in total. The first-order valence-electron chi connectivity index (χ1n) is 21.3. The van der Waals surface area contributed by atoms with Crippen LogP contribution in [0.2, 0.25) is 0 Å². The fourth-order valence-corrected chi connectivity index (χ4v) is 12.8. The average Bonchev–Trinajstić information content (AvgIpc) is 4.08. The maximum atomic E-state index is 14.4. The van der Waals surface area contributed by atoms with E-state index < -0.39 is 11.7 Å². The van der Waals surface area contributed by atoms with E-state index in [0.717, 1.165) is 66.1 Å². The summed E-state index contributed by atoms with van der Waals surface area (Å²) in [5.74, 6) is 0. The molecule has 0 unspecified atom stereocenters. The number of halogens is 3. The minimum Gasteiger partial charge on any atom is -0.309 e. The van der Waals surface area contributed by atoms with Crippen LogP contribution in [-0.4, -0.2) is 9.13 Å². The molecule has 4 heterocycles. The third kappa shape index (κ3) is 5.59. The third-order valence-corrected chi connectivity index (χ3v) is 15.4. The number of thiophene rings is 2. The molecule has 0 fully saturated rings. The number of benzene rings is 9. The lowest BCUT2D eigenvalue weighted by Crippen LogP contribution is -2.05. The Morgan fingerprint density at radius 3 is 1.52 bits per heavy atom. The van der Waals surface area contributed by atoms with Crippen LogP contribution in [0, 0.1) is 18.3 Å². The van der Waals surface area contributed by atoms with E-state index in [1.54, 1.807) is 29.6 Å². The maximum Gasteiger partial charge on any atom is 0.416 e. The summed E-state index contributed by atoms with van der Waals surface area (Å²) in [6.45, 7) is 1.70. The smallest absolute Gasteiger partial charge is 0.309 e. The first kappa shape index (κ1) is 37.8. The molecule has 13 aromatic rings. The van der Waals surface area contributed by atoms with E-state index in [1.807, 2.05) is 48.5 Å². The number of fused-ring (bicyclic) bond motifs is 14. The fourth-order valence-electron chi connectivity index (χ4n) is 10.2. The zero-order valence-electron chi connectivity index (χ0n) is 34.5. The quantitative estimate of drug-likeness (QED) is 0.173. The number of nitrogens with zero attached hydrogens (tertiary/aromatic N) is 3. The molecule has 308 valence electrons. The second-order valence-electron chi connectivity index (χ2n) is 16.7. The van der Waals surface area contributed by atoms with Crippen molar-refractivity contribution in [2.45, 2.75) is 13.1 Å². The van der Waals surface area contributed by atoms with Crippen molar-refractivity contribution in [2.75, 3.05) is 0 Å². The molecule has 0 aliphatic heterocycles. The highest BCUT2D eigenvalue weighted by Crippen LogP contribution is 2.48. The van der Waals surface area contributed by atoms with Gasteiger partial charge in [0.2, 0.25) is 0 Å². The number of nitriles is 1. The number of alkyl halides is 3. The van der Waals surface area contributed by atoms with Crippen LogP contribution in [0.3, 0.4) is 0 Å². The third-order valence-electron chi connectivity index (χ3n) is 13.0. The van der Waals surface area contributed by atoms with Gasteiger partial charge in [0.15, 0.2) is 0 Å². The minimum absolute atomic E-state index is 0.460. The standard InChI is InChI=1S/C57H32F3N3S2/c1-32-26-35(29-36(27-32)57(58,59)60)34-19-23-48(63-46-15-7-3-13-42(46)54-50(63)25-21-40-38-11-5-9-17-52(38)65-56(40)54)44(30-34)43-28-33(31-61)18-22-47(43)62-45-14-6-2-12-41(45)53-49(62)24-20-39-37-10-4-8-16-51(37)64-55(39)53/h2-30H,1H3. The zero-order chi connectivity index (χ0) is 43.7. The monoisotopic (exact) mass is 879 g/mol. The Morgan fingerprint density at radius 1 is 0.462 bits per heavy atom. The van der Waals surface area contributed by atoms with E-state index in [2.05, 4.69) is 130 Å². The molecule has 0 atom stereocenters. The average molecular weight is 880 g/mol. The summed E-state index contributed by atoms with van der Waals surface area (Å²) < 4.78 is 52.6. The molecular weight excluding hydrogens is 848 g/mol. The number of rotatable bonds is 4. The molecule has 0 spiro atoms. The van der Waals surface area contributed by atoms with Gasteiger partial charge in [0.25, 0.3) is 0 Å². The second-order valence-corrected chi connectivity index (χ2v) is 18.8. The summed E-state index contributed by atoms with van der Waals surface area (Å²) in [6.07, 6.45) is -4.52. The van der Waals surface area contributed by atoms with Crippen LogP contribution < -0.4 is 0 Å². The molecule has 13 rings (SSSR count). The van der Waals surface area contributed by atoms with Crippen molar-refractivity contribution in [1.29, 1.82) is 5.26 Å². The van der Waals surface area contributed by atoms with Crippen LogP contribution in [0.4, 0.5) is 13.2 Å². The van der Waals surface area contributed by atoms with E-state index in [4.69, 9.17) is 0 Å². The number of aryl methyl sites for hydroxylation is 1. The van der Waals surface area contributed by atoms with Crippen molar-refractivity contribution >= 4 is 107 Å². The molecular formula is C57H32F3N3S2. The number of hydrogen-bond acceptors (Lipinski definition) is 3. The molecule has 0 aliphatic carbocycles. The Kier molecular flexibility index (Phi) is 8.09. The minimum atomic E-state index is -4.52. The maximum absolute atomic E-state index is 14.4. The summed E-state index contributed by atoms with van der Waals surface area (Å²) >= 11 is 3.58. The van der Waals surface area contributed by atoms with Crippen LogP contribution in [0.1, 0.15) is 16.7 Å². The molecule has 9 aromatic carbocycles. The molecule has 4 aromatic heterocycles. The van der Waals surface area contributed by atoms with Gasteiger partial charge in [0.05, 0.1) is 50.6 Å². The van der Waals surface area contributed by atoms with Crippen molar-refractivity contribution < 1.29 is 13.2 Å². The van der Waals surface area contributed by atoms with Gasteiger partial charge in [-0.25, -0.2) is 0 Å². The van der Waals surface area contributed by atoms with Gasteiger partial charge in [-0.15, -0.1) is 22.7 Å². The molecule has 0 saturated heterocycles. The molecule has 0 amide bonds. The topological polar surface area (TPSA) is 33.6 Å². The van der Waals surface area contributed by atoms with Crippen LogP contribution >= 0.6 is 22.7 Å². The Labute approximate surface area is 377 Å². The van der Waals surface area contributed by atoms with Crippen LogP contribution in [0.25, 0.3) is 118 Å². The van der Waals surface area contributed by atoms with Gasteiger partial charge in [0, 0.05) is 73.0 Å².